The van der Waals surface area contributed by atoms with Gasteiger partial charge in [0.1, 0.15) is 11.3 Å². The van der Waals surface area contributed by atoms with E-state index in [4.69, 9.17) is 18.9 Å². The highest BCUT2D eigenvalue weighted by molar-refractivity contribution is 5.95. The number of aliphatic hydroxyl groups is 1. The molecule has 2 aromatic carbocycles. The van der Waals surface area contributed by atoms with Crippen LogP contribution in [0.25, 0.3) is 6.08 Å². The Morgan fingerprint density at radius 3 is 2.40 bits per heavy atom. The summed E-state index contributed by atoms with van der Waals surface area (Å²) in [7, 11) is 1.34. The van der Waals surface area contributed by atoms with Gasteiger partial charge in [0.2, 0.25) is 5.76 Å². The summed E-state index contributed by atoms with van der Waals surface area (Å²) < 4.78 is 20.5. The van der Waals surface area contributed by atoms with Crippen LogP contribution in [-0.2, 0) is 19.2 Å². The highest BCUT2D eigenvalue weighted by atomic mass is 16.9. The van der Waals surface area contributed by atoms with Crippen LogP contribution >= 0.6 is 0 Å². The molecule has 0 bridgehead atoms. The molecule has 0 aliphatic carbocycles. The van der Waals surface area contributed by atoms with Crippen molar-refractivity contribution in [2.75, 3.05) is 20.3 Å². The summed E-state index contributed by atoms with van der Waals surface area (Å²) in [5.74, 6) is -2.85. The molecule has 12 nitrogen and oxygen atoms in total. The molecule has 0 atom stereocenters. The first kappa shape index (κ1) is 26.6. The first-order valence-corrected chi connectivity index (χ1v) is 10.2. The summed E-state index contributed by atoms with van der Waals surface area (Å²) >= 11 is 0. The maximum atomic E-state index is 12.6. The minimum Gasteiger partial charge on any atom is -0.502 e. The third kappa shape index (κ3) is 8.68. The Morgan fingerprint density at radius 1 is 1.00 bits per heavy atom. The second-order valence-electron chi connectivity index (χ2n) is 6.82. The number of esters is 3. The molecule has 186 valence electrons. The van der Waals surface area contributed by atoms with Crippen LogP contribution < -0.4 is 14.2 Å². The number of carbonyl (C=O) groups excluding carboxylic acids is 3. The second-order valence-corrected chi connectivity index (χ2v) is 6.82. The highest BCUT2D eigenvalue weighted by Crippen LogP contribution is 2.30. The molecule has 0 heterocycles. The van der Waals surface area contributed by atoms with Gasteiger partial charge in [0.05, 0.1) is 20.3 Å². The minimum absolute atomic E-state index is 0.0269. The second kappa shape index (κ2) is 13.2. The standard InChI is InChI=1S/C23H23NO11/c1-15(25)34-19-8-4-3-7-17(19)22(27)35-20-10-9-16(14-21(20)31-2)13-18(26)23(28)32-11-5-6-12-33-24(29)30/h3-4,7-10,13-14,26H,5-6,11-12H2,1-2H3/b18-13+. The largest absolute Gasteiger partial charge is 0.502 e. The van der Waals surface area contributed by atoms with Gasteiger partial charge in [-0.25, -0.2) is 9.59 Å². The molecule has 0 aliphatic rings. The van der Waals surface area contributed by atoms with Crippen LogP contribution in [0, 0.1) is 10.1 Å². The van der Waals surface area contributed by atoms with Gasteiger partial charge >= 0.3 is 17.9 Å². The van der Waals surface area contributed by atoms with Crippen LogP contribution in [-0.4, -0.2) is 48.4 Å². The summed E-state index contributed by atoms with van der Waals surface area (Å²) in [6, 6.07) is 10.3. The van der Waals surface area contributed by atoms with Crippen molar-refractivity contribution >= 4 is 24.0 Å². The zero-order chi connectivity index (χ0) is 25.8. The van der Waals surface area contributed by atoms with E-state index < -0.39 is 28.8 Å². The predicted molar refractivity (Wildman–Crippen MR) is 119 cm³/mol. The Balaban J connectivity index is 2.03. The highest BCUT2D eigenvalue weighted by Gasteiger charge is 2.18. The molecule has 2 aromatic rings. The van der Waals surface area contributed by atoms with Crippen molar-refractivity contribution in [1.29, 1.82) is 0 Å². The number of hydrogen-bond acceptors (Lipinski definition) is 11. The van der Waals surface area contributed by atoms with Gasteiger partial charge in [-0.3, -0.25) is 4.79 Å². The van der Waals surface area contributed by atoms with Crippen molar-refractivity contribution in [2.24, 2.45) is 0 Å². The van der Waals surface area contributed by atoms with Crippen LogP contribution in [0.15, 0.2) is 48.2 Å². The zero-order valence-electron chi connectivity index (χ0n) is 18.9. The molecule has 0 saturated heterocycles. The predicted octanol–water partition coefficient (Wildman–Crippen LogP) is 3.27. The molecular weight excluding hydrogens is 466 g/mol. The molecule has 0 spiro atoms. The van der Waals surface area contributed by atoms with Crippen molar-refractivity contribution in [3.8, 4) is 17.2 Å². The van der Waals surface area contributed by atoms with E-state index >= 15 is 0 Å². The van der Waals surface area contributed by atoms with E-state index in [9.17, 15) is 29.6 Å². The van der Waals surface area contributed by atoms with E-state index in [2.05, 4.69) is 4.84 Å². The molecular formula is C23H23NO11. The summed E-state index contributed by atoms with van der Waals surface area (Å²) in [6.07, 6.45) is 1.73. The van der Waals surface area contributed by atoms with Crippen LogP contribution in [0.4, 0.5) is 0 Å². The van der Waals surface area contributed by atoms with Gasteiger partial charge in [-0.15, -0.1) is 10.1 Å². The average Bonchev–Trinajstić information content (AvgIpc) is 2.81. The minimum atomic E-state index is -0.989. The number of benzene rings is 2. The Labute approximate surface area is 199 Å². The van der Waals surface area contributed by atoms with Crippen molar-refractivity contribution in [1.82, 2.24) is 0 Å². The number of ether oxygens (including phenoxy) is 4. The topological polar surface area (TPSA) is 161 Å². The molecule has 1 N–H and O–H groups in total. The lowest BCUT2D eigenvalue weighted by atomic mass is 10.1. The van der Waals surface area contributed by atoms with Gasteiger partial charge in [-0.05, 0) is 48.7 Å². The lowest BCUT2D eigenvalue weighted by molar-refractivity contribution is -0.757. The van der Waals surface area contributed by atoms with Crippen LogP contribution in [0.3, 0.4) is 0 Å². The number of hydrogen-bond donors (Lipinski definition) is 1. The molecule has 0 fully saturated rings. The van der Waals surface area contributed by atoms with Gasteiger partial charge in [0.15, 0.2) is 11.5 Å². The third-order valence-electron chi connectivity index (χ3n) is 4.23. The summed E-state index contributed by atoms with van der Waals surface area (Å²) in [6.45, 7) is 1.01. The van der Waals surface area contributed by atoms with Crippen molar-refractivity contribution < 1.29 is 48.4 Å². The van der Waals surface area contributed by atoms with E-state index in [1.54, 1.807) is 12.1 Å². The fraction of sp³-hybridized carbons (Fsp3) is 0.261. The van der Waals surface area contributed by atoms with Crippen LogP contribution in [0.2, 0.25) is 0 Å². The third-order valence-corrected chi connectivity index (χ3v) is 4.23. The van der Waals surface area contributed by atoms with E-state index in [1.807, 2.05) is 0 Å². The quantitative estimate of drug-likeness (QED) is 0.0886. The van der Waals surface area contributed by atoms with E-state index in [0.29, 0.717) is 18.4 Å². The number of unbranched alkanes of at least 4 members (excludes halogenated alkanes) is 1. The van der Waals surface area contributed by atoms with Gasteiger partial charge < -0.3 is 28.9 Å². The summed E-state index contributed by atoms with van der Waals surface area (Å²) in [5, 5.41) is 19.1. The maximum absolute atomic E-state index is 12.6. The van der Waals surface area contributed by atoms with Crippen molar-refractivity contribution in [2.45, 2.75) is 19.8 Å². The van der Waals surface area contributed by atoms with Crippen molar-refractivity contribution in [3.63, 3.8) is 0 Å². The molecule has 0 aromatic heterocycles. The average molecular weight is 489 g/mol. The molecule has 0 aliphatic heterocycles. The molecule has 0 amide bonds. The fourth-order valence-corrected chi connectivity index (χ4v) is 2.69. The van der Waals surface area contributed by atoms with E-state index in [0.717, 1.165) is 6.08 Å². The SMILES string of the molecule is COc1cc(/C=C(/O)C(=O)OCCCCO[N+](=O)[O-])ccc1OC(=O)c1ccccc1OC(C)=O. The monoisotopic (exact) mass is 489 g/mol. The Kier molecular flexibility index (Phi) is 10.0. The Bertz CT molecular complexity index is 1110. The van der Waals surface area contributed by atoms with Crippen molar-refractivity contribution in [3.05, 3.63) is 69.5 Å². The lowest BCUT2D eigenvalue weighted by Crippen LogP contribution is -2.13. The molecule has 0 unspecified atom stereocenters. The first-order valence-electron chi connectivity index (χ1n) is 10.2. The summed E-state index contributed by atoms with van der Waals surface area (Å²) in [5.41, 5.74) is 0.370. The van der Waals surface area contributed by atoms with Crippen LogP contribution in [0.5, 0.6) is 17.2 Å². The number of methoxy groups -OCH3 is 1. The maximum Gasteiger partial charge on any atom is 0.373 e. The van der Waals surface area contributed by atoms with Gasteiger partial charge in [0.25, 0.3) is 5.09 Å². The lowest BCUT2D eigenvalue weighted by Gasteiger charge is -2.12. The molecule has 0 radical (unpaired) electrons. The number of aliphatic hydroxyl groups excluding tert-OH is 1. The molecule has 2 rings (SSSR count). The first-order chi connectivity index (χ1) is 16.7. The van der Waals surface area contributed by atoms with E-state index in [1.165, 1.54) is 44.4 Å². The summed E-state index contributed by atoms with van der Waals surface area (Å²) in [4.78, 5) is 50.0. The van der Waals surface area contributed by atoms with Gasteiger partial charge in [-0.1, -0.05) is 18.2 Å². The Morgan fingerprint density at radius 2 is 1.71 bits per heavy atom. The number of nitrogens with zero attached hydrogens (tertiary/aromatic N) is 1. The number of carbonyl (C=O) groups is 3. The van der Waals surface area contributed by atoms with Gasteiger partial charge in [0, 0.05) is 6.92 Å². The normalized spacial score (nSPS) is 10.7. The van der Waals surface area contributed by atoms with E-state index in [-0.39, 0.29) is 36.0 Å². The van der Waals surface area contributed by atoms with Crippen LogP contribution in [0.1, 0.15) is 35.7 Å². The smallest absolute Gasteiger partial charge is 0.373 e. The number of para-hydroxylation sites is 1. The molecule has 12 heteroatoms. The molecule has 35 heavy (non-hydrogen) atoms. The fourth-order valence-electron chi connectivity index (χ4n) is 2.69. The zero-order valence-corrected chi connectivity index (χ0v) is 18.9. The number of rotatable bonds is 12. The van der Waals surface area contributed by atoms with Gasteiger partial charge in [-0.2, -0.15) is 0 Å². The molecule has 0 saturated carbocycles. The Hall–Kier alpha value is -4.61.